The monoisotopic (exact) mass is 1090 g/mol. The van der Waals surface area contributed by atoms with E-state index < -0.39 is 79.1 Å². The summed E-state index contributed by atoms with van der Waals surface area (Å²) in [7, 11) is 10.2. The molecule has 0 aliphatic rings. The first-order valence-electron chi connectivity index (χ1n) is 28.5. The van der Waals surface area contributed by atoms with E-state index in [-0.39, 0.29) is 99.8 Å². The molecule has 77 heavy (non-hydrogen) atoms. The van der Waals surface area contributed by atoms with Gasteiger partial charge >= 0.3 is 35.8 Å². The Morgan fingerprint density at radius 1 is 0.442 bits per heavy atom. The minimum absolute atomic E-state index is 0.0108. The zero-order valence-electron chi connectivity index (χ0n) is 53.8. The van der Waals surface area contributed by atoms with Crippen LogP contribution >= 0.6 is 0 Å². The molecule has 0 rings (SSSR count). The van der Waals surface area contributed by atoms with Crippen molar-refractivity contribution in [2.75, 3.05) is 81.9 Å². The van der Waals surface area contributed by atoms with Crippen molar-refractivity contribution < 1.29 is 62.0 Å². The summed E-state index contributed by atoms with van der Waals surface area (Å²) in [4.78, 5) is 105. The molecule has 7 atom stereocenters. The van der Waals surface area contributed by atoms with Crippen LogP contribution in [0.15, 0.2) is 0 Å². The molecular formula is C62H114N2O13. The van der Waals surface area contributed by atoms with Gasteiger partial charge in [0, 0.05) is 30.3 Å². The van der Waals surface area contributed by atoms with Crippen LogP contribution in [0.2, 0.25) is 0 Å². The second-order valence-corrected chi connectivity index (χ2v) is 28.7. The van der Waals surface area contributed by atoms with Crippen molar-refractivity contribution in [1.29, 1.82) is 0 Å². The fourth-order valence-corrected chi connectivity index (χ4v) is 11.8. The lowest BCUT2D eigenvalue weighted by molar-refractivity contribution is -0.175. The molecule has 0 amide bonds. The molecule has 0 spiro atoms. The van der Waals surface area contributed by atoms with E-state index in [1.165, 1.54) is 14.2 Å². The number of hydrogen-bond acceptors (Lipinski definition) is 15. The zero-order chi connectivity index (χ0) is 60.6. The molecule has 450 valence electrons. The normalized spacial score (nSPS) is 18.0. The number of rotatable bonds is 36. The van der Waals surface area contributed by atoms with Crippen molar-refractivity contribution in [2.24, 2.45) is 72.4 Å². The van der Waals surface area contributed by atoms with E-state index >= 15 is 9.59 Å². The molecule has 0 aromatic carbocycles. The Labute approximate surface area is 468 Å². The molecule has 0 aromatic rings. The van der Waals surface area contributed by atoms with Gasteiger partial charge in [0.15, 0.2) is 0 Å². The topological polar surface area (TPSA) is 181 Å². The minimum Gasteiger partial charge on any atom is -0.469 e. The summed E-state index contributed by atoms with van der Waals surface area (Å²) in [6.45, 7) is 39.2. The van der Waals surface area contributed by atoms with Crippen LogP contribution < -0.4 is 0 Å². The molecule has 0 aliphatic heterocycles. The van der Waals surface area contributed by atoms with E-state index in [0.29, 0.717) is 38.8 Å². The minimum atomic E-state index is -1.36. The van der Waals surface area contributed by atoms with Crippen molar-refractivity contribution in [3.05, 3.63) is 0 Å². The van der Waals surface area contributed by atoms with Crippen LogP contribution in [-0.2, 0) is 62.0 Å². The molecule has 0 aromatic heterocycles. The Morgan fingerprint density at radius 2 is 0.818 bits per heavy atom. The fourth-order valence-electron chi connectivity index (χ4n) is 11.8. The van der Waals surface area contributed by atoms with Gasteiger partial charge in [-0.1, -0.05) is 90.0 Å². The number of carbonyl (C=O) groups excluding carboxylic acids is 7. The molecule has 0 radical (unpaired) electrons. The summed E-state index contributed by atoms with van der Waals surface area (Å²) in [6.07, 6.45) is 1.93. The lowest BCUT2D eigenvalue weighted by Gasteiger charge is -2.44. The van der Waals surface area contributed by atoms with E-state index in [0.717, 1.165) is 0 Å². The molecule has 0 aliphatic carbocycles. The van der Waals surface area contributed by atoms with E-state index in [2.05, 4.69) is 0 Å². The Bertz CT molecular complexity index is 1940. The van der Waals surface area contributed by atoms with Crippen molar-refractivity contribution in [3.63, 3.8) is 0 Å². The predicted molar refractivity (Wildman–Crippen MR) is 305 cm³/mol. The van der Waals surface area contributed by atoms with Gasteiger partial charge in [0.05, 0.1) is 46.7 Å². The van der Waals surface area contributed by atoms with Crippen LogP contribution in [-0.4, -0.2) is 133 Å². The maximum absolute atomic E-state index is 15.3. The number of ketones is 1. The van der Waals surface area contributed by atoms with Crippen molar-refractivity contribution in [3.8, 4) is 0 Å². The van der Waals surface area contributed by atoms with Gasteiger partial charge < -0.3 is 38.2 Å². The van der Waals surface area contributed by atoms with Gasteiger partial charge in [0.1, 0.15) is 32.2 Å². The Hall–Kier alpha value is -3.59. The Kier molecular flexibility index (Phi) is 28.4. The van der Waals surface area contributed by atoms with Crippen LogP contribution in [0.5, 0.6) is 0 Å². The lowest BCUT2D eigenvalue weighted by atomic mass is 9.60. The zero-order valence-corrected chi connectivity index (χ0v) is 53.8. The largest absolute Gasteiger partial charge is 0.469 e. The Balaban J connectivity index is 7.74. The predicted octanol–water partition coefficient (Wildman–Crippen LogP) is 11.8. The molecule has 0 fully saturated rings. The summed E-state index contributed by atoms with van der Waals surface area (Å²) in [6, 6.07) is 0. The summed E-state index contributed by atoms with van der Waals surface area (Å²) in [5.74, 6) is -3.41. The van der Waals surface area contributed by atoms with Gasteiger partial charge in [-0.2, -0.15) is 0 Å². The van der Waals surface area contributed by atoms with Gasteiger partial charge in [-0.25, -0.2) is 0 Å². The number of esters is 6. The lowest BCUT2D eigenvalue weighted by Crippen LogP contribution is -2.48. The van der Waals surface area contributed by atoms with Gasteiger partial charge in [0.25, 0.3) is 0 Å². The third-order valence-electron chi connectivity index (χ3n) is 16.7. The average Bonchev–Trinajstić information content (AvgIpc) is 3.28. The molecule has 0 heterocycles. The Morgan fingerprint density at radius 3 is 1.19 bits per heavy atom. The SMILES string of the molecule is CCC(CCC(=O)C(C)(CC(C)C)CC(C)(CC(C)(CC(C)(C)C)C(=O)OCCN(C)C)C(=O)OC)(COC(=O)C(C)(C)C(C)C)COC(=O)C(C)(CC(C)(CC(C)(CC(C)C)C(=O)OC)C(=O)OCCN(C)C)C(C)C. The van der Waals surface area contributed by atoms with E-state index in [1.54, 1.807) is 27.7 Å². The summed E-state index contributed by atoms with van der Waals surface area (Å²) in [5, 5.41) is 0. The van der Waals surface area contributed by atoms with Crippen LogP contribution in [0.4, 0.5) is 0 Å². The first-order valence-corrected chi connectivity index (χ1v) is 28.5. The summed E-state index contributed by atoms with van der Waals surface area (Å²) < 4.78 is 35.3. The quantitative estimate of drug-likeness (QED) is 0.0426. The number of methoxy groups -OCH3 is 2. The van der Waals surface area contributed by atoms with E-state index in [9.17, 15) is 24.0 Å². The van der Waals surface area contributed by atoms with Crippen molar-refractivity contribution >= 4 is 41.6 Å². The third kappa shape index (κ3) is 22.1. The first-order chi connectivity index (χ1) is 34.8. The maximum Gasteiger partial charge on any atom is 0.312 e. The molecule has 0 saturated heterocycles. The number of likely N-dealkylation sites (N-methyl/N-ethyl adjacent to an activating group) is 2. The standard InChI is InChI=1S/C62H114N2O13/c1-27-62(41-76-48(66)55(13,14)45(6)7,42-77-53(71)61(20,46(8)9)40-60(19,52(70)75-33-31-64(23)24)38-57(16,35-44(4)5)49(67)72-25)29-28-47(65)56(15,34-43(2)3)37-59(18,50(68)73-26)39-58(17,36-54(10,11)12)51(69)74-32-30-63(21)22/h43-46H,27-42H2,1-26H3. The molecular weight excluding hydrogens is 981 g/mol. The van der Waals surface area contributed by atoms with Gasteiger partial charge in [0.2, 0.25) is 0 Å². The summed E-state index contributed by atoms with van der Waals surface area (Å²) in [5.41, 5.74) is -9.50. The molecule has 15 heteroatoms. The number of carbonyl (C=O) groups is 7. The number of ether oxygens (including phenoxy) is 6. The van der Waals surface area contributed by atoms with E-state index in [4.69, 9.17) is 28.4 Å². The third-order valence-corrected chi connectivity index (χ3v) is 16.7. The van der Waals surface area contributed by atoms with Crippen LogP contribution in [0.3, 0.4) is 0 Å². The van der Waals surface area contributed by atoms with E-state index in [1.807, 2.05) is 149 Å². The van der Waals surface area contributed by atoms with Gasteiger partial charge in [-0.15, -0.1) is 0 Å². The second kappa shape index (κ2) is 29.7. The molecule has 0 N–H and O–H groups in total. The maximum atomic E-state index is 15.3. The highest BCUT2D eigenvalue weighted by Gasteiger charge is 2.55. The summed E-state index contributed by atoms with van der Waals surface area (Å²) >= 11 is 0. The highest BCUT2D eigenvalue weighted by atomic mass is 16.6. The van der Waals surface area contributed by atoms with Crippen molar-refractivity contribution in [1.82, 2.24) is 9.80 Å². The smallest absolute Gasteiger partial charge is 0.312 e. The number of nitrogens with zero attached hydrogens (tertiary/aromatic N) is 2. The average molecular weight is 1100 g/mol. The number of hydrogen-bond donors (Lipinski definition) is 0. The number of Topliss-reactive ketones (excluding diaryl/α,β-unsaturated/α-hetero) is 1. The fraction of sp³-hybridized carbons (Fsp3) is 0.887. The van der Waals surface area contributed by atoms with Gasteiger partial charge in [-0.05, 0) is 164 Å². The molecule has 15 nitrogen and oxygen atoms in total. The van der Waals surface area contributed by atoms with Crippen molar-refractivity contribution in [2.45, 2.75) is 203 Å². The first kappa shape index (κ1) is 73.4. The highest BCUT2D eigenvalue weighted by Crippen LogP contribution is 2.52. The molecule has 0 saturated carbocycles. The second-order valence-electron chi connectivity index (χ2n) is 28.7. The van der Waals surface area contributed by atoms with Crippen LogP contribution in [0.1, 0.15) is 203 Å². The molecule has 7 unspecified atom stereocenters. The molecule has 0 bridgehead atoms. The van der Waals surface area contributed by atoms with Gasteiger partial charge in [-0.3, -0.25) is 33.6 Å². The highest BCUT2D eigenvalue weighted by molar-refractivity contribution is 5.87. The van der Waals surface area contributed by atoms with Crippen LogP contribution in [0.25, 0.3) is 0 Å². The van der Waals surface area contributed by atoms with Crippen LogP contribution in [0, 0.1) is 72.4 Å².